The van der Waals surface area contributed by atoms with Crippen LogP contribution in [0.1, 0.15) is 0 Å². The van der Waals surface area contributed by atoms with Crippen molar-refractivity contribution in [3.63, 3.8) is 0 Å². The Hall–Kier alpha value is -3.02. The lowest BCUT2D eigenvalue weighted by Crippen LogP contribution is -2.11. The predicted octanol–water partition coefficient (Wildman–Crippen LogP) is 4.35. The minimum Gasteiger partial charge on any atom is -0.487 e. The van der Waals surface area contributed by atoms with Crippen molar-refractivity contribution in [1.82, 2.24) is 19.9 Å². The number of nitrogens with one attached hydrogen (secondary N) is 1. The van der Waals surface area contributed by atoms with Crippen LogP contribution in [-0.4, -0.2) is 105 Å². The maximum absolute atomic E-state index is 11.8. The number of rotatable bonds is 16. The molecule has 0 aliphatic rings. The Kier molecular flexibility index (Phi) is 19.2. The van der Waals surface area contributed by atoms with E-state index >= 15 is 0 Å². The average molecular weight is 726 g/mol. The second-order valence-electron chi connectivity index (χ2n) is 8.58. The molecule has 0 bridgehead atoms. The number of methoxy groups -OCH3 is 4. The molecule has 2 aromatic carbocycles. The highest BCUT2D eigenvalue weighted by atomic mass is 36.0. The van der Waals surface area contributed by atoms with E-state index in [0.29, 0.717) is 103 Å². The highest BCUT2D eigenvalue weighted by Gasteiger charge is 2.12. The van der Waals surface area contributed by atoms with Gasteiger partial charge < -0.3 is 42.9 Å². The number of H-pyrrole nitrogens is 1. The number of hydrogen-bond donors (Lipinski definition) is 1. The van der Waals surface area contributed by atoms with E-state index in [4.69, 9.17) is 53.7 Å². The van der Waals surface area contributed by atoms with Crippen LogP contribution in [0.4, 0.5) is 0 Å². The molecule has 4 rings (SSSR count). The summed E-state index contributed by atoms with van der Waals surface area (Å²) in [4.78, 5) is 26.6. The maximum atomic E-state index is 11.8. The maximum Gasteiger partial charge on any atom is 0.258 e. The van der Waals surface area contributed by atoms with Crippen LogP contribution in [0, 0.1) is 0 Å². The Labute approximate surface area is 281 Å². The normalized spacial score (nSPS) is 10.6. The summed E-state index contributed by atoms with van der Waals surface area (Å²) in [5.41, 5.74) is 1.02. The van der Waals surface area contributed by atoms with Gasteiger partial charge in [-0.1, -0.05) is 11.6 Å². The molecule has 0 aliphatic carbocycles. The molecule has 0 saturated carbocycles. The van der Waals surface area contributed by atoms with Gasteiger partial charge >= 0.3 is 0 Å². The number of aromatic amines is 1. The zero-order valence-corrected chi connectivity index (χ0v) is 28.7. The molecule has 2 heterocycles. The molecule has 254 valence electrons. The van der Waals surface area contributed by atoms with E-state index in [9.17, 15) is 4.79 Å². The molecular weight excluding hydrogens is 691 g/mol. The SMILES string of the molecule is COCCOc1cc2nc[nH]c(=O)c2cc1OCCOC.COCCOc1cc2ncnc(Cl)c2cc1OCCOC.O=S(Cl)Cl. The predicted molar refractivity (Wildman–Crippen MR) is 176 cm³/mol. The number of halogens is 3. The highest BCUT2D eigenvalue weighted by Crippen LogP contribution is 2.34. The standard InChI is InChI=1S/C14H17ClN2O4.C14H18N2O5.Cl2OS/c1-18-3-5-20-12-7-10-11(16-9-17-14(10)15)8-13(12)21-6-4-19-2;1-18-3-5-20-12-7-10-11(15-9-16-14(10)17)8-13(12)21-6-4-19-2;1-4(2)3/h7-9H,3-6H2,1-2H3;7-9H,3-6H2,1-2H3,(H,15,16,17);. The Bertz CT molecular complexity index is 1560. The van der Waals surface area contributed by atoms with Crippen LogP contribution in [0.3, 0.4) is 0 Å². The van der Waals surface area contributed by atoms with Crippen molar-refractivity contribution in [2.45, 2.75) is 0 Å². The lowest BCUT2D eigenvalue weighted by molar-refractivity contribution is 0.132. The number of nitrogens with zero attached hydrogens (tertiary/aromatic N) is 3. The van der Waals surface area contributed by atoms with Crippen molar-refractivity contribution in [2.24, 2.45) is 0 Å². The molecule has 0 spiro atoms. The molecule has 0 amide bonds. The lowest BCUT2D eigenvalue weighted by atomic mass is 10.2. The van der Waals surface area contributed by atoms with Gasteiger partial charge in [-0.2, -0.15) is 0 Å². The smallest absolute Gasteiger partial charge is 0.258 e. The van der Waals surface area contributed by atoms with E-state index in [2.05, 4.69) is 41.3 Å². The van der Waals surface area contributed by atoms with Crippen LogP contribution in [-0.2, 0) is 28.2 Å². The number of benzene rings is 2. The Morgan fingerprint density at radius 3 is 1.46 bits per heavy atom. The molecule has 2 aromatic heterocycles. The summed E-state index contributed by atoms with van der Waals surface area (Å²) < 4.78 is 51.5. The molecule has 0 aliphatic heterocycles. The van der Waals surface area contributed by atoms with Gasteiger partial charge in [-0.3, -0.25) is 4.79 Å². The van der Waals surface area contributed by atoms with E-state index < -0.39 is 9.23 Å². The first kappa shape index (κ1) is 39.2. The molecule has 0 unspecified atom stereocenters. The molecule has 0 saturated heterocycles. The van der Waals surface area contributed by atoms with Gasteiger partial charge in [0.05, 0.1) is 49.2 Å². The van der Waals surface area contributed by atoms with E-state index in [1.807, 2.05) is 0 Å². The second kappa shape index (κ2) is 22.5. The molecule has 0 radical (unpaired) electrons. The molecule has 18 heteroatoms. The second-order valence-corrected chi connectivity index (χ2v) is 11.5. The summed E-state index contributed by atoms with van der Waals surface area (Å²) in [6.45, 7) is 3.44. The summed E-state index contributed by atoms with van der Waals surface area (Å²) in [5.74, 6) is 2.17. The van der Waals surface area contributed by atoms with Gasteiger partial charge in [-0.15, -0.1) is 0 Å². The first-order valence-corrected chi connectivity index (χ1v) is 16.6. The fraction of sp³-hybridized carbons (Fsp3) is 0.429. The van der Waals surface area contributed by atoms with Crippen LogP contribution >= 0.6 is 33.0 Å². The zero-order valence-electron chi connectivity index (χ0n) is 25.6. The van der Waals surface area contributed by atoms with Crippen molar-refractivity contribution in [3.05, 3.63) is 52.4 Å². The third-order valence-corrected chi connectivity index (χ3v) is 5.84. The van der Waals surface area contributed by atoms with Gasteiger partial charge in [0.25, 0.3) is 5.56 Å². The summed E-state index contributed by atoms with van der Waals surface area (Å²) in [5, 5.41) is 1.54. The third kappa shape index (κ3) is 13.8. The first-order valence-electron chi connectivity index (χ1n) is 13.4. The van der Waals surface area contributed by atoms with Crippen molar-refractivity contribution in [3.8, 4) is 23.0 Å². The Balaban J connectivity index is 0.000000287. The van der Waals surface area contributed by atoms with Gasteiger partial charge in [0.2, 0.25) is 9.23 Å². The van der Waals surface area contributed by atoms with Crippen molar-refractivity contribution in [1.29, 1.82) is 0 Å². The number of ether oxygens (including phenoxy) is 8. The molecule has 14 nitrogen and oxygen atoms in total. The molecule has 46 heavy (non-hydrogen) atoms. The van der Waals surface area contributed by atoms with Crippen LogP contribution in [0.25, 0.3) is 21.8 Å². The van der Waals surface area contributed by atoms with Gasteiger partial charge in [-0.05, 0) is 12.1 Å². The largest absolute Gasteiger partial charge is 0.487 e. The molecule has 4 aromatic rings. The summed E-state index contributed by atoms with van der Waals surface area (Å²) in [6.07, 6.45) is 2.77. The van der Waals surface area contributed by atoms with Crippen molar-refractivity contribution < 1.29 is 42.1 Å². The van der Waals surface area contributed by atoms with Gasteiger partial charge in [0.15, 0.2) is 23.0 Å². The Morgan fingerprint density at radius 1 is 0.630 bits per heavy atom. The zero-order chi connectivity index (χ0) is 33.7. The van der Waals surface area contributed by atoms with Gasteiger partial charge in [0.1, 0.15) is 37.9 Å². The monoisotopic (exact) mass is 724 g/mol. The topological polar surface area (TPSA) is 162 Å². The van der Waals surface area contributed by atoms with E-state index in [1.54, 1.807) is 52.7 Å². The quantitative estimate of drug-likeness (QED) is 0.0987. The van der Waals surface area contributed by atoms with E-state index in [1.165, 1.54) is 12.7 Å². The van der Waals surface area contributed by atoms with E-state index in [-0.39, 0.29) is 5.56 Å². The van der Waals surface area contributed by atoms with Crippen molar-refractivity contribution in [2.75, 3.05) is 81.3 Å². The minimum atomic E-state index is -1.67. The lowest BCUT2D eigenvalue weighted by Gasteiger charge is -2.13. The van der Waals surface area contributed by atoms with Crippen LogP contribution < -0.4 is 24.5 Å². The molecule has 1 N–H and O–H groups in total. The van der Waals surface area contributed by atoms with Gasteiger partial charge in [0, 0.05) is 67.3 Å². The van der Waals surface area contributed by atoms with Crippen LogP contribution in [0.15, 0.2) is 41.7 Å². The van der Waals surface area contributed by atoms with Crippen molar-refractivity contribution >= 4 is 64.0 Å². The van der Waals surface area contributed by atoms with Crippen LogP contribution in [0.5, 0.6) is 23.0 Å². The summed E-state index contributed by atoms with van der Waals surface area (Å²) in [6, 6.07) is 6.86. The summed E-state index contributed by atoms with van der Waals surface area (Å²) >= 11 is 6.08. The molecule has 0 atom stereocenters. The fourth-order valence-electron chi connectivity index (χ4n) is 3.50. The van der Waals surface area contributed by atoms with E-state index in [0.717, 1.165) is 0 Å². The minimum absolute atomic E-state index is 0.222. The number of aromatic nitrogens is 4. The molecular formula is C28H35Cl3N4O10S. The first-order chi connectivity index (χ1) is 22.2. The molecule has 0 fully saturated rings. The number of hydrogen-bond acceptors (Lipinski definition) is 13. The summed E-state index contributed by atoms with van der Waals surface area (Å²) in [7, 11) is 13.8. The fourth-order valence-corrected chi connectivity index (χ4v) is 3.69. The van der Waals surface area contributed by atoms with Crippen LogP contribution in [0.2, 0.25) is 5.15 Å². The average Bonchev–Trinajstić information content (AvgIpc) is 3.02. The Morgan fingerprint density at radius 2 is 1.02 bits per heavy atom. The number of fused-ring (bicyclic) bond motifs is 2. The third-order valence-electron chi connectivity index (χ3n) is 5.54. The van der Waals surface area contributed by atoms with Gasteiger partial charge in [-0.25, -0.2) is 19.2 Å². The highest BCUT2D eigenvalue weighted by molar-refractivity contribution is 8.26.